The van der Waals surface area contributed by atoms with Crippen molar-refractivity contribution in [3.63, 3.8) is 0 Å². The Morgan fingerprint density at radius 3 is 2.86 bits per heavy atom. The number of amides is 1. The van der Waals surface area contributed by atoms with E-state index >= 15 is 0 Å². The minimum Gasteiger partial charge on any atom is -0.497 e. The van der Waals surface area contributed by atoms with Gasteiger partial charge in [0.2, 0.25) is 0 Å². The summed E-state index contributed by atoms with van der Waals surface area (Å²) in [5.41, 5.74) is 1.40. The van der Waals surface area contributed by atoms with Crippen LogP contribution in [0.25, 0.3) is 0 Å². The molecule has 5 heteroatoms. The Hall–Kier alpha value is -2.01. The van der Waals surface area contributed by atoms with E-state index in [0.29, 0.717) is 17.9 Å². The summed E-state index contributed by atoms with van der Waals surface area (Å²) in [5, 5.41) is -0.144. The van der Waals surface area contributed by atoms with E-state index in [-0.39, 0.29) is 17.1 Å². The molecule has 2 aromatic carbocycles. The molecular weight excluding hydrogens is 301 g/mol. The Kier molecular flexibility index (Phi) is 4.34. The van der Waals surface area contributed by atoms with Crippen LogP contribution in [0.5, 0.6) is 5.75 Å². The largest absolute Gasteiger partial charge is 0.497 e. The lowest BCUT2D eigenvalue weighted by Gasteiger charge is -2.24. The molecule has 2 aromatic rings. The number of thioether (sulfide) groups is 1. The molecule has 0 saturated carbocycles. The van der Waals surface area contributed by atoms with E-state index in [1.807, 2.05) is 6.07 Å². The fourth-order valence-corrected chi connectivity index (χ4v) is 3.78. The Balaban J connectivity index is 1.87. The van der Waals surface area contributed by atoms with Crippen molar-refractivity contribution in [1.82, 2.24) is 4.90 Å². The number of carbonyl (C=O) groups excluding carboxylic acids is 1. The molecule has 1 unspecified atom stereocenters. The Morgan fingerprint density at radius 2 is 2.09 bits per heavy atom. The lowest BCUT2D eigenvalue weighted by atomic mass is 10.1. The maximum absolute atomic E-state index is 13.4. The van der Waals surface area contributed by atoms with Crippen molar-refractivity contribution in [1.29, 1.82) is 0 Å². The van der Waals surface area contributed by atoms with E-state index in [0.717, 1.165) is 11.3 Å². The van der Waals surface area contributed by atoms with Gasteiger partial charge < -0.3 is 9.64 Å². The first-order valence-corrected chi connectivity index (χ1v) is 8.06. The smallest absolute Gasteiger partial charge is 0.255 e. The van der Waals surface area contributed by atoms with Crippen molar-refractivity contribution >= 4 is 17.7 Å². The molecule has 0 bridgehead atoms. The molecule has 114 valence electrons. The summed E-state index contributed by atoms with van der Waals surface area (Å²) in [5.74, 6) is 1.16. The number of ether oxygens (including phenoxy) is 1. The predicted molar refractivity (Wildman–Crippen MR) is 85.6 cm³/mol. The van der Waals surface area contributed by atoms with Crippen molar-refractivity contribution in [3.05, 3.63) is 65.5 Å². The average Bonchev–Trinajstić information content (AvgIpc) is 3.04. The molecule has 3 rings (SSSR count). The number of carbonyl (C=O) groups is 1. The maximum atomic E-state index is 13.4. The summed E-state index contributed by atoms with van der Waals surface area (Å²) in [4.78, 5) is 14.5. The van der Waals surface area contributed by atoms with Crippen LogP contribution < -0.4 is 4.74 Å². The summed E-state index contributed by atoms with van der Waals surface area (Å²) in [7, 11) is 1.57. The van der Waals surface area contributed by atoms with Gasteiger partial charge in [-0.05, 0) is 35.9 Å². The monoisotopic (exact) mass is 317 g/mol. The lowest BCUT2D eigenvalue weighted by Crippen LogP contribution is -2.30. The van der Waals surface area contributed by atoms with Gasteiger partial charge in [-0.25, -0.2) is 4.39 Å². The molecule has 22 heavy (non-hydrogen) atoms. The second-order valence-corrected chi connectivity index (χ2v) is 6.20. The number of hydrogen-bond acceptors (Lipinski definition) is 3. The topological polar surface area (TPSA) is 29.5 Å². The first kappa shape index (κ1) is 14.9. The molecule has 1 aliphatic heterocycles. The summed E-state index contributed by atoms with van der Waals surface area (Å²) >= 11 is 1.65. The van der Waals surface area contributed by atoms with Gasteiger partial charge in [-0.15, -0.1) is 11.8 Å². The minimum absolute atomic E-state index is 0.0573. The summed E-state index contributed by atoms with van der Waals surface area (Å²) in [6.07, 6.45) is 0. The van der Waals surface area contributed by atoms with Crippen LogP contribution in [-0.2, 0) is 0 Å². The highest BCUT2D eigenvalue weighted by atomic mass is 32.2. The SMILES string of the molecule is COc1cccc(C(=O)N2CCSC2c2cccc(F)c2)c1. The number of hydrogen-bond donors (Lipinski definition) is 0. The number of halogens is 1. The maximum Gasteiger partial charge on any atom is 0.255 e. The predicted octanol–water partition coefficient (Wildman–Crippen LogP) is 3.72. The Bertz CT molecular complexity index is 692. The second kappa shape index (κ2) is 6.40. The average molecular weight is 317 g/mol. The van der Waals surface area contributed by atoms with E-state index in [1.54, 1.807) is 54.1 Å². The highest BCUT2D eigenvalue weighted by Gasteiger charge is 2.31. The highest BCUT2D eigenvalue weighted by Crippen LogP contribution is 2.39. The Labute approximate surface area is 133 Å². The molecule has 1 atom stereocenters. The van der Waals surface area contributed by atoms with Gasteiger partial charge in [0.25, 0.3) is 5.91 Å². The first-order valence-electron chi connectivity index (χ1n) is 7.01. The molecule has 1 heterocycles. The molecule has 0 radical (unpaired) electrons. The molecule has 1 saturated heterocycles. The van der Waals surface area contributed by atoms with Crippen LogP contribution in [0.2, 0.25) is 0 Å². The molecule has 0 N–H and O–H groups in total. The molecule has 1 aliphatic rings. The molecular formula is C17H16FNO2S. The van der Waals surface area contributed by atoms with E-state index < -0.39 is 0 Å². The van der Waals surface area contributed by atoms with Crippen LogP contribution in [0.4, 0.5) is 4.39 Å². The number of rotatable bonds is 3. The molecule has 0 aromatic heterocycles. The van der Waals surface area contributed by atoms with Crippen LogP contribution in [-0.4, -0.2) is 30.2 Å². The zero-order valence-electron chi connectivity index (χ0n) is 12.2. The van der Waals surface area contributed by atoms with E-state index in [4.69, 9.17) is 4.74 Å². The van der Waals surface area contributed by atoms with Gasteiger partial charge >= 0.3 is 0 Å². The molecule has 1 fully saturated rings. The van der Waals surface area contributed by atoms with Crippen LogP contribution >= 0.6 is 11.8 Å². The van der Waals surface area contributed by atoms with Gasteiger partial charge in [0.15, 0.2) is 0 Å². The van der Waals surface area contributed by atoms with Gasteiger partial charge in [0, 0.05) is 17.9 Å². The van der Waals surface area contributed by atoms with E-state index in [9.17, 15) is 9.18 Å². The highest BCUT2D eigenvalue weighted by molar-refractivity contribution is 7.99. The Morgan fingerprint density at radius 1 is 1.27 bits per heavy atom. The van der Waals surface area contributed by atoms with Crippen LogP contribution in [0.3, 0.4) is 0 Å². The van der Waals surface area contributed by atoms with Crippen LogP contribution in [0.15, 0.2) is 48.5 Å². The quantitative estimate of drug-likeness (QED) is 0.864. The lowest BCUT2D eigenvalue weighted by molar-refractivity contribution is 0.0760. The van der Waals surface area contributed by atoms with E-state index in [1.165, 1.54) is 12.1 Å². The zero-order chi connectivity index (χ0) is 15.5. The van der Waals surface area contributed by atoms with Gasteiger partial charge in [0.1, 0.15) is 16.9 Å². The van der Waals surface area contributed by atoms with Gasteiger partial charge in [-0.1, -0.05) is 18.2 Å². The first-order chi connectivity index (χ1) is 10.7. The zero-order valence-corrected chi connectivity index (χ0v) is 13.0. The van der Waals surface area contributed by atoms with Crippen molar-refractivity contribution < 1.29 is 13.9 Å². The molecule has 0 aliphatic carbocycles. The normalized spacial score (nSPS) is 17.5. The third-order valence-corrected chi connectivity index (χ3v) is 4.86. The third-order valence-electron chi connectivity index (χ3n) is 3.60. The van der Waals surface area contributed by atoms with E-state index in [2.05, 4.69) is 0 Å². The molecule has 3 nitrogen and oxygen atoms in total. The van der Waals surface area contributed by atoms with Crippen LogP contribution in [0.1, 0.15) is 21.3 Å². The fourth-order valence-electron chi connectivity index (χ4n) is 2.54. The van der Waals surface area contributed by atoms with Gasteiger partial charge in [-0.2, -0.15) is 0 Å². The van der Waals surface area contributed by atoms with Crippen molar-refractivity contribution in [2.24, 2.45) is 0 Å². The number of methoxy groups -OCH3 is 1. The molecule has 0 spiro atoms. The molecule has 1 amide bonds. The standard InChI is InChI=1S/C17H16FNO2S/c1-21-15-7-3-4-12(11-15)16(20)19-8-9-22-17(19)13-5-2-6-14(18)10-13/h2-7,10-11,17H,8-9H2,1H3. The summed E-state index contributed by atoms with van der Waals surface area (Å²) in [6, 6.07) is 13.6. The fraction of sp³-hybridized carbons (Fsp3) is 0.235. The van der Waals surface area contributed by atoms with Gasteiger partial charge in [0.05, 0.1) is 7.11 Å². The summed E-state index contributed by atoms with van der Waals surface area (Å²) < 4.78 is 18.6. The van der Waals surface area contributed by atoms with Crippen molar-refractivity contribution in [2.75, 3.05) is 19.4 Å². The van der Waals surface area contributed by atoms with Crippen molar-refractivity contribution in [2.45, 2.75) is 5.37 Å². The number of benzene rings is 2. The van der Waals surface area contributed by atoms with Crippen molar-refractivity contribution in [3.8, 4) is 5.75 Å². The van der Waals surface area contributed by atoms with Gasteiger partial charge in [-0.3, -0.25) is 4.79 Å². The second-order valence-electron chi connectivity index (χ2n) is 5.01. The summed E-state index contributed by atoms with van der Waals surface area (Å²) in [6.45, 7) is 0.655. The van der Waals surface area contributed by atoms with Crippen LogP contribution in [0, 0.1) is 5.82 Å². The number of nitrogens with zero attached hydrogens (tertiary/aromatic N) is 1. The third kappa shape index (κ3) is 2.95. The minimum atomic E-state index is -0.279.